The minimum Gasteiger partial charge on any atom is -0.352 e. The highest BCUT2D eigenvalue weighted by Gasteiger charge is 2.36. The van der Waals surface area contributed by atoms with Crippen LogP contribution in [0.5, 0.6) is 0 Å². The first-order chi connectivity index (χ1) is 12.8. The Kier molecular flexibility index (Phi) is 5.16. The van der Waals surface area contributed by atoms with Crippen LogP contribution in [0.25, 0.3) is 0 Å². The van der Waals surface area contributed by atoms with Crippen LogP contribution in [0.4, 0.5) is 23.2 Å². The van der Waals surface area contributed by atoms with Gasteiger partial charge in [-0.2, -0.15) is 13.2 Å². The second-order valence-electron chi connectivity index (χ2n) is 6.26. The molecule has 1 atom stereocenters. The van der Waals surface area contributed by atoms with E-state index >= 15 is 0 Å². The maximum atomic E-state index is 13.6. The Morgan fingerprint density at radius 3 is 2.59 bits per heavy atom. The lowest BCUT2D eigenvalue weighted by molar-refractivity contribution is -0.137. The summed E-state index contributed by atoms with van der Waals surface area (Å²) in [6.07, 6.45) is -4.63. The van der Waals surface area contributed by atoms with E-state index in [0.717, 1.165) is 12.1 Å². The molecule has 3 rings (SSSR count). The Morgan fingerprint density at radius 2 is 1.89 bits per heavy atom. The molecule has 2 amide bonds. The summed E-state index contributed by atoms with van der Waals surface area (Å²) < 4.78 is 52.1. The van der Waals surface area contributed by atoms with Gasteiger partial charge in [-0.3, -0.25) is 9.59 Å². The molecule has 1 saturated heterocycles. The first-order valence-corrected chi connectivity index (χ1v) is 8.24. The second kappa shape index (κ2) is 7.38. The van der Waals surface area contributed by atoms with Gasteiger partial charge < -0.3 is 10.2 Å². The van der Waals surface area contributed by atoms with Crippen LogP contribution >= 0.6 is 0 Å². The number of amides is 2. The van der Waals surface area contributed by atoms with Crippen LogP contribution in [0.3, 0.4) is 0 Å². The Labute approximate surface area is 152 Å². The molecule has 0 radical (unpaired) electrons. The molecule has 0 bridgehead atoms. The van der Waals surface area contributed by atoms with Crippen LogP contribution in [0.1, 0.15) is 17.5 Å². The highest BCUT2D eigenvalue weighted by Crippen LogP contribution is 2.33. The van der Waals surface area contributed by atoms with Crippen molar-refractivity contribution in [2.45, 2.75) is 19.1 Å². The highest BCUT2D eigenvalue weighted by molar-refractivity contribution is 6.00. The number of halogens is 4. The molecule has 1 unspecified atom stereocenters. The molecular formula is C19H16F4N2O2. The van der Waals surface area contributed by atoms with Crippen molar-refractivity contribution >= 4 is 17.5 Å². The highest BCUT2D eigenvalue weighted by atomic mass is 19.4. The van der Waals surface area contributed by atoms with Crippen molar-refractivity contribution in [3.8, 4) is 0 Å². The number of carbonyl (C=O) groups is 2. The lowest BCUT2D eigenvalue weighted by Gasteiger charge is -2.18. The van der Waals surface area contributed by atoms with Gasteiger partial charge in [-0.25, -0.2) is 4.39 Å². The van der Waals surface area contributed by atoms with E-state index in [1.165, 1.54) is 35.2 Å². The van der Waals surface area contributed by atoms with Crippen molar-refractivity contribution in [3.05, 3.63) is 65.5 Å². The summed E-state index contributed by atoms with van der Waals surface area (Å²) in [6.45, 7) is -0.0526. The fourth-order valence-electron chi connectivity index (χ4n) is 2.95. The van der Waals surface area contributed by atoms with Gasteiger partial charge in [0, 0.05) is 30.8 Å². The van der Waals surface area contributed by atoms with Crippen molar-refractivity contribution in [2.75, 3.05) is 11.4 Å². The Bertz CT molecular complexity index is 867. The largest absolute Gasteiger partial charge is 0.416 e. The molecule has 1 N–H and O–H groups in total. The van der Waals surface area contributed by atoms with Crippen LogP contribution in [-0.2, 0) is 22.3 Å². The summed E-state index contributed by atoms with van der Waals surface area (Å²) in [5, 5.41) is 2.57. The molecule has 1 fully saturated rings. The van der Waals surface area contributed by atoms with Gasteiger partial charge in [-0.15, -0.1) is 0 Å². The second-order valence-corrected chi connectivity index (χ2v) is 6.26. The van der Waals surface area contributed by atoms with Gasteiger partial charge in [0.15, 0.2) is 0 Å². The molecule has 1 aliphatic heterocycles. The van der Waals surface area contributed by atoms with Gasteiger partial charge in [0.05, 0.1) is 11.5 Å². The van der Waals surface area contributed by atoms with Crippen LogP contribution in [0.15, 0.2) is 48.5 Å². The number of carbonyl (C=O) groups excluding carboxylic acids is 2. The van der Waals surface area contributed by atoms with Crippen molar-refractivity contribution in [1.82, 2.24) is 5.32 Å². The summed E-state index contributed by atoms with van der Waals surface area (Å²) in [4.78, 5) is 25.6. The van der Waals surface area contributed by atoms with E-state index in [1.807, 2.05) is 0 Å². The summed E-state index contributed by atoms with van der Waals surface area (Å²) in [5.74, 6) is -2.04. The molecule has 1 aliphatic rings. The third-order valence-electron chi connectivity index (χ3n) is 4.39. The lowest BCUT2D eigenvalue weighted by atomic mass is 10.1. The van der Waals surface area contributed by atoms with E-state index in [1.54, 1.807) is 6.07 Å². The molecule has 0 aliphatic carbocycles. The fraction of sp³-hybridized carbons (Fsp3) is 0.263. The van der Waals surface area contributed by atoms with E-state index < -0.39 is 35.3 Å². The number of benzene rings is 2. The number of hydrogen-bond donors (Lipinski definition) is 1. The molecule has 8 heteroatoms. The summed E-state index contributed by atoms with van der Waals surface area (Å²) in [5.41, 5.74) is -0.454. The number of nitrogens with one attached hydrogen (secondary N) is 1. The van der Waals surface area contributed by atoms with E-state index in [4.69, 9.17) is 0 Å². The van der Waals surface area contributed by atoms with Gasteiger partial charge in [-0.05, 0) is 24.3 Å². The van der Waals surface area contributed by atoms with Crippen LogP contribution in [0.2, 0.25) is 0 Å². The maximum Gasteiger partial charge on any atom is 0.416 e. The predicted molar refractivity (Wildman–Crippen MR) is 90.2 cm³/mol. The molecule has 1 heterocycles. The SMILES string of the molecule is O=C(NCc1ccccc1F)C1CC(=O)N(c2cccc(C(F)(F)F)c2)C1. The molecule has 2 aromatic carbocycles. The number of alkyl halides is 3. The van der Waals surface area contributed by atoms with Gasteiger partial charge in [0.2, 0.25) is 11.8 Å². The van der Waals surface area contributed by atoms with Gasteiger partial charge in [0.1, 0.15) is 5.82 Å². The van der Waals surface area contributed by atoms with Crippen molar-refractivity contribution < 1.29 is 27.2 Å². The average molecular weight is 380 g/mol. The van der Waals surface area contributed by atoms with Crippen molar-refractivity contribution in [2.24, 2.45) is 5.92 Å². The number of rotatable bonds is 4. The maximum absolute atomic E-state index is 13.6. The Balaban J connectivity index is 1.67. The third kappa shape index (κ3) is 4.27. The van der Waals surface area contributed by atoms with Crippen LogP contribution < -0.4 is 10.2 Å². The Hall–Kier alpha value is -2.90. The molecule has 0 spiro atoms. The van der Waals surface area contributed by atoms with Gasteiger partial charge in [0.25, 0.3) is 0 Å². The Morgan fingerprint density at radius 1 is 1.15 bits per heavy atom. The lowest BCUT2D eigenvalue weighted by Crippen LogP contribution is -2.32. The summed E-state index contributed by atoms with van der Waals surface area (Å²) in [7, 11) is 0. The van der Waals surface area contributed by atoms with E-state index in [9.17, 15) is 27.2 Å². The first-order valence-electron chi connectivity index (χ1n) is 8.24. The van der Waals surface area contributed by atoms with E-state index in [-0.39, 0.29) is 25.2 Å². The van der Waals surface area contributed by atoms with Gasteiger partial charge >= 0.3 is 6.18 Å². The van der Waals surface area contributed by atoms with Gasteiger partial charge in [-0.1, -0.05) is 24.3 Å². The average Bonchev–Trinajstić information content (AvgIpc) is 3.02. The standard InChI is InChI=1S/C19H16F4N2O2/c20-16-7-2-1-4-12(16)10-24-18(27)13-8-17(26)25(11-13)15-6-3-5-14(9-15)19(21,22)23/h1-7,9,13H,8,10-11H2,(H,24,27). The summed E-state index contributed by atoms with van der Waals surface area (Å²) >= 11 is 0. The molecule has 0 aromatic heterocycles. The van der Waals surface area contributed by atoms with Crippen molar-refractivity contribution in [3.63, 3.8) is 0 Å². The normalized spacial score (nSPS) is 17.3. The zero-order valence-corrected chi connectivity index (χ0v) is 14.1. The predicted octanol–water partition coefficient (Wildman–Crippen LogP) is 3.51. The van der Waals surface area contributed by atoms with Crippen LogP contribution in [0, 0.1) is 11.7 Å². The fourth-order valence-corrected chi connectivity index (χ4v) is 2.95. The molecule has 0 saturated carbocycles. The third-order valence-corrected chi connectivity index (χ3v) is 4.39. The minimum atomic E-state index is -4.52. The van der Waals surface area contributed by atoms with E-state index in [2.05, 4.69) is 5.32 Å². The minimum absolute atomic E-state index is 0.0246. The number of nitrogens with zero attached hydrogens (tertiary/aromatic N) is 1. The number of anilines is 1. The zero-order chi connectivity index (χ0) is 19.6. The molecule has 27 heavy (non-hydrogen) atoms. The molecule has 4 nitrogen and oxygen atoms in total. The van der Waals surface area contributed by atoms with E-state index in [0.29, 0.717) is 5.56 Å². The molecule has 2 aromatic rings. The van der Waals surface area contributed by atoms with Crippen LogP contribution in [-0.4, -0.2) is 18.4 Å². The smallest absolute Gasteiger partial charge is 0.352 e. The zero-order valence-electron chi connectivity index (χ0n) is 14.1. The van der Waals surface area contributed by atoms with Crippen molar-refractivity contribution in [1.29, 1.82) is 0 Å². The quantitative estimate of drug-likeness (QED) is 0.826. The molecule has 142 valence electrons. The number of hydrogen-bond acceptors (Lipinski definition) is 2. The molecular weight excluding hydrogens is 364 g/mol. The topological polar surface area (TPSA) is 49.4 Å². The first kappa shape index (κ1) is 18.9. The monoisotopic (exact) mass is 380 g/mol. The summed E-state index contributed by atoms with van der Waals surface area (Å²) in [6, 6.07) is 10.4.